The number of hydrogen-bond acceptors (Lipinski definition) is 6. The number of aliphatic imine (C=N–C) groups is 1. The maximum Gasteiger partial charge on any atom is 0.573 e. The monoisotopic (exact) mass is 468 g/mol. The maximum atomic E-state index is 12.3. The number of piperazine rings is 1. The molecule has 3 heterocycles. The third-order valence-corrected chi connectivity index (χ3v) is 5.85. The Bertz CT molecular complexity index is 1040. The maximum absolute atomic E-state index is 12.3. The quantitative estimate of drug-likeness (QED) is 0.491. The first-order chi connectivity index (χ1) is 14.8. The van der Waals surface area contributed by atoms with Gasteiger partial charge in [-0.15, -0.1) is 13.2 Å². The van der Waals surface area contributed by atoms with Crippen LogP contribution in [0.4, 0.5) is 19.0 Å². The van der Waals surface area contributed by atoms with Gasteiger partial charge in [0, 0.05) is 26.2 Å². The number of rotatable bonds is 3. The molecule has 162 valence electrons. The second-order valence-corrected chi connectivity index (χ2v) is 8.12. The number of amides is 1. The number of pyridine rings is 1. The van der Waals surface area contributed by atoms with Crippen molar-refractivity contribution in [3.8, 4) is 5.75 Å². The molecule has 2 aromatic rings. The van der Waals surface area contributed by atoms with Crippen molar-refractivity contribution in [1.29, 1.82) is 0 Å². The third kappa shape index (κ3) is 5.50. The zero-order chi connectivity index (χ0) is 22.0. The molecule has 0 N–H and O–H groups in total. The van der Waals surface area contributed by atoms with E-state index in [0.717, 1.165) is 5.82 Å². The minimum Gasteiger partial charge on any atom is -0.406 e. The van der Waals surface area contributed by atoms with Gasteiger partial charge >= 0.3 is 6.36 Å². The highest BCUT2D eigenvalue weighted by Gasteiger charge is 2.31. The number of aromatic nitrogens is 1. The lowest BCUT2D eigenvalue weighted by Crippen LogP contribution is -2.48. The highest BCUT2D eigenvalue weighted by atomic mass is 35.5. The van der Waals surface area contributed by atoms with Gasteiger partial charge in [-0.1, -0.05) is 29.8 Å². The van der Waals surface area contributed by atoms with Crippen LogP contribution in [-0.4, -0.2) is 53.5 Å². The first kappa shape index (κ1) is 21.5. The Balaban J connectivity index is 1.36. The average Bonchev–Trinajstić information content (AvgIpc) is 3.09. The number of halogens is 4. The fourth-order valence-corrected chi connectivity index (χ4v) is 4.28. The van der Waals surface area contributed by atoms with Gasteiger partial charge in [-0.2, -0.15) is 4.99 Å². The van der Waals surface area contributed by atoms with E-state index in [-0.39, 0.29) is 11.7 Å². The molecule has 0 atom stereocenters. The largest absolute Gasteiger partial charge is 0.573 e. The summed E-state index contributed by atoms with van der Waals surface area (Å²) in [7, 11) is 0. The van der Waals surface area contributed by atoms with E-state index in [4.69, 9.17) is 11.6 Å². The number of benzene rings is 1. The van der Waals surface area contributed by atoms with Crippen LogP contribution in [0.15, 0.2) is 52.4 Å². The normalized spacial score (nSPS) is 18.5. The molecule has 0 bridgehead atoms. The van der Waals surface area contributed by atoms with Crippen molar-refractivity contribution in [1.82, 2.24) is 9.88 Å². The molecule has 2 aliphatic heterocycles. The number of alkyl halides is 3. The van der Waals surface area contributed by atoms with Crippen LogP contribution >= 0.6 is 23.4 Å². The molecule has 0 aliphatic carbocycles. The lowest BCUT2D eigenvalue weighted by Gasteiger charge is -2.36. The van der Waals surface area contributed by atoms with E-state index in [2.05, 4.69) is 19.6 Å². The Labute approximate surface area is 185 Å². The van der Waals surface area contributed by atoms with E-state index >= 15 is 0 Å². The van der Waals surface area contributed by atoms with Crippen LogP contribution in [0.2, 0.25) is 5.15 Å². The zero-order valence-electron chi connectivity index (χ0n) is 16.0. The first-order valence-corrected chi connectivity index (χ1v) is 10.5. The summed E-state index contributed by atoms with van der Waals surface area (Å²) in [6.45, 7) is 2.76. The fourth-order valence-electron chi connectivity index (χ4n) is 3.15. The Hall–Kier alpha value is -2.72. The molecule has 11 heteroatoms. The molecule has 1 aromatic heterocycles. The number of anilines is 1. The molecule has 2 aliphatic rings. The SMILES string of the molecule is O=C1N=C(N2CCN(c3cccc(Cl)n3)CC2)S/C1=C/c1ccc(OC(F)(F)F)cc1. The van der Waals surface area contributed by atoms with Gasteiger partial charge in [0.1, 0.15) is 16.7 Å². The number of carbonyl (C=O) groups is 1. The van der Waals surface area contributed by atoms with Crippen molar-refractivity contribution in [3.05, 3.63) is 58.1 Å². The number of nitrogens with zero attached hydrogens (tertiary/aromatic N) is 4. The van der Waals surface area contributed by atoms with E-state index < -0.39 is 6.36 Å². The summed E-state index contributed by atoms with van der Waals surface area (Å²) in [6.07, 6.45) is -3.14. The molecule has 1 saturated heterocycles. The summed E-state index contributed by atoms with van der Waals surface area (Å²) >= 11 is 7.22. The van der Waals surface area contributed by atoms with Gasteiger partial charge in [0.05, 0.1) is 4.91 Å². The standard InChI is InChI=1S/C20H16ClF3N4O2S/c21-16-2-1-3-17(25-16)27-8-10-28(11-9-27)19-26-18(29)15(31-19)12-13-4-6-14(7-5-13)30-20(22,23)24/h1-7,12H,8-11H2/b15-12+. The van der Waals surface area contributed by atoms with Crippen molar-refractivity contribution in [2.45, 2.75) is 6.36 Å². The Morgan fingerprint density at radius 3 is 2.35 bits per heavy atom. The summed E-state index contributed by atoms with van der Waals surface area (Å²) in [5, 5.41) is 1.06. The zero-order valence-corrected chi connectivity index (χ0v) is 17.5. The molecule has 4 rings (SSSR count). The molecule has 1 aromatic carbocycles. The molecule has 31 heavy (non-hydrogen) atoms. The number of carbonyl (C=O) groups excluding carboxylic acids is 1. The Kier molecular flexibility index (Phi) is 6.10. The highest BCUT2D eigenvalue weighted by molar-refractivity contribution is 8.18. The summed E-state index contributed by atoms with van der Waals surface area (Å²) in [5.41, 5.74) is 0.582. The average molecular weight is 469 g/mol. The van der Waals surface area contributed by atoms with Crippen molar-refractivity contribution >= 4 is 46.3 Å². The van der Waals surface area contributed by atoms with Crippen LogP contribution in [0.1, 0.15) is 5.56 Å². The molecule has 6 nitrogen and oxygen atoms in total. The van der Waals surface area contributed by atoms with Crippen LogP contribution < -0.4 is 9.64 Å². The van der Waals surface area contributed by atoms with Crippen LogP contribution in [-0.2, 0) is 4.79 Å². The molecule has 1 amide bonds. The second-order valence-electron chi connectivity index (χ2n) is 6.72. The summed E-state index contributed by atoms with van der Waals surface area (Å²) in [4.78, 5) is 25.3. The summed E-state index contributed by atoms with van der Waals surface area (Å²) in [5.74, 6) is 0.126. The summed E-state index contributed by atoms with van der Waals surface area (Å²) in [6, 6.07) is 10.8. The minimum absolute atomic E-state index is 0.316. The van der Waals surface area contributed by atoms with E-state index in [1.807, 2.05) is 17.0 Å². The van der Waals surface area contributed by atoms with E-state index in [0.29, 0.717) is 47.0 Å². The van der Waals surface area contributed by atoms with Crippen molar-refractivity contribution in [2.24, 2.45) is 4.99 Å². The van der Waals surface area contributed by atoms with Gasteiger partial charge in [0.25, 0.3) is 5.91 Å². The molecular formula is C20H16ClF3N4O2S. The van der Waals surface area contributed by atoms with Crippen molar-refractivity contribution in [3.63, 3.8) is 0 Å². The van der Waals surface area contributed by atoms with E-state index in [1.165, 1.54) is 36.0 Å². The first-order valence-electron chi connectivity index (χ1n) is 9.28. The molecule has 0 saturated carbocycles. The van der Waals surface area contributed by atoms with Gasteiger partial charge in [0.2, 0.25) is 0 Å². The van der Waals surface area contributed by atoms with Crippen LogP contribution in [0.3, 0.4) is 0 Å². The van der Waals surface area contributed by atoms with Crippen molar-refractivity contribution < 1.29 is 22.7 Å². The molecule has 0 radical (unpaired) electrons. The van der Waals surface area contributed by atoms with Gasteiger partial charge in [-0.25, -0.2) is 4.98 Å². The number of hydrogen-bond donors (Lipinski definition) is 0. The third-order valence-electron chi connectivity index (χ3n) is 4.60. The molecule has 0 unspecified atom stereocenters. The van der Waals surface area contributed by atoms with Crippen molar-refractivity contribution in [2.75, 3.05) is 31.1 Å². The highest BCUT2D eigenvalue weighted by Crippen LogP contribution is 2.31. The van der Waals surface area contributed by atoms with Crippen LogP contribution in [0.25, 0.3) is 6.08 Å². The van der Waals surface area contributed by atoms with E-state index in [9.17, 15) is 18.0 Å². The number of thioether (sulfide) groups is 1. The predicted octanol–water partition coefficient (Wildman–Crippen LogP) is 4.43. The molecular weight excluding hydrogens is 453 g/mol. The molecule has 1 fully saturated rings. The summed E-state index contributed by atoms with van der Waals surface area (Å²) < 4.78 is 40.6. The smallest absolute Gasteiger partial charge is 0.406 e. The van der Waals surface area contributed by atoms with Crippen LogP contribution in [0, 0.1) is 0 Å². The lowest BCUT2D eigenvalue weighted by atomic mass is 10.2. The predicted molar refractivity (Wildman–Crippen MR) is 114 cm³/mol. The number of amidine groups is 1. The van der Waals surface area contributed by atoms with Gasteiger partial charge in [-0.3, -0.25) is 4.79 Å². The van der Waals surface area contributed by atoms with Gasteiger partial charge < -0.3 is 14.5 Å². The van der Waals surface area contributed by atoms with Crippen LogP contribution in [0.5, 0.6) is 5.75 Å². The minimum atomic E-state index is -4.74. The molecule has 0 spiro atoms. The van der Waals surface area contributed by atoms with E-state index in [1.54, 1.807) is 12.1 Å². The fraction of sp³-hybridized carbons (Fsp3) is 0.250. The second kappa shape index (κ2) is 8.80. The topological polar surface area (TPSA) is 58.0 Å². The Morgan fingerprint density at radius 2 is 1.71 bits per heavy atom. The number of ether oxygens (including phenoxy) is 1. The lowest BCUT2D eigenvalue weighted by molar-refractivity contribution is -0.274. The van der Waals surface area contributed by atoms with Gasteiger partial charge in [-0.05, 0) is 47.7 Å². The van der Waals surface area contributed by atoms with Gasteiger partial charge in [0.15, 0.2) is 5.17 Å². The Morgan fingerprint density at radius 1 is 1.03 bits per heavy atom.